The Morgan fingerprint density at radius 2 is 2.04 bits per heavy atom. The number of hydrogen-bond acceptors (Lipinski definition) is 4. The molecule has 0 bridgehead atoms. The molecule has 0 spiro atoms. The Labute approximate surface area is 145 Å². The monoisotopic (exact) mass is 333 g/mol. The van der Waals surface area contributed by atoms with Crippen LogP contribution in [-0.2, 0) is 11.3 Å². The van der Waals surface area contributed by atoms with Gasteiger partial charge in [-0.05, 0) is 58.1 Å². The second kappa shape index (κ2) is 8.47. The first kappa shape index (κ1) is 18.7. The van der Waals surface area contributed by atoms with Crippen molar-refractivity contribution >= 4 is 6.09 Å². The van der Waals surface area contributed by atoms with Crippen LogP contribution in [0.5, 0.6) is 0 Å². The number of nitrogens with one attached hydrogen (secondary N) is 2. The van der Waals surface area contributed by atoms with Gasteiger partial charge >= 0.3 is 6.09 Å². The minimum atomic E-state index is -0.466. The summed E-state index contributed by atoms with van der Waals surface area (Å²) in [5, 5.41) is 6.50. The van der Waals surface area contributed by atoms with Crippen LogP contribution in [-0.4, -0.2) is 29.3 Å². The standard InChI is InChI=1S/C19H31N3O2/c1-14-9-10-16(20-11-14)12-21-17(15-7-5-6-8-15)13-22-18(23)24-19(2,3)4/h9-11,15,17,21H,5-8,12-13H2,1-4H3,(H,22,23). The van der Waals surface area contributed by atoms with Gasteiger partial charge in [0.1, 0.15) is 5.60 Å². The highest BCUT2D eigenvalue weighted by Gasteiger charge is 2.26. The topological polar surface area (TPSA) is 63.2 Å². The van der Waals surface area contributed by atoms with Gasteiger partial charge in [-0.2, -0.15) is 0 Å². The summed E-state index contributed by atoms with van der Waals surface area (Å²) in [5.74, 6) is 0.602. The number of hydrogen-bond donors (Lipinski definition) is 2. The molecule has 1 heterocycles. The molecule has 1 amide bonds. The molecule has 5 heteroatoms. The molecule has 1 atom stereocenters. The number of pyridine rings is 1. The molecule has 0 saturated heterocycles. The van der Waals surface area contributed by atoms with E-state index in [9.17, 15) is 4.79 Å². The summed E-state index contributed by atoms with van der Waals surface area (Å²) in [6.07, 6.45) is 6.53. The largest absolute Gasteiger partial charge is 0.444 e. The molecule has 5 nitrogen and oxygen atoms in total. The van der Waals surface area contributed by atoms with E-state index < -0.39 is 5.60 Å². The highest BCUT2D eigenvalue weighted by Crippen LogP contribution is 2.27. The number of aryl methyl sites for hydroxylation is 1. The van der Waals surface area contributed by atoms with E-state index in [4.69, 9.17) is 4.74 Å². The zero-order valence-electron chi connectivity index (χ0n) is 15.4. The quantitative estimate of drug-likeness (QED) is 0.835. The van der Waals surface area contributed by atoms with E-state index in [1.54, 1.807) is 0 Å². The normalized spacial score (nSPS) is 16.8. The van der Waals surface area contributed by atoms with Crippen LogP contribution in [0, 0.1) is 12.8 Å². The Morgan fingerprint density at radius 3 is 2.62 bits per heavy atom. The van der Waals surface area contributed by atoms with Crippen molar-refractivity contribution in [2.45, 2.75) is 71.6 Å². The predicted molar refractivity (Wildman–Crippen MR) is 95.8 cm³/mol. The first-order valence-corrected chi connectivity index (χ1v) is 8.95. The number of amides is 1. The summed E-state index contributed by atoms with van der Waals surface area (Å²) >= 11 is 0. The zero-order valence-corrected chi connectivity index (χ0v) is 15.4. The van der Waals surface area contributed by atoms with E-state index in [1.807, 2.05) is 33.9 Å². The van der Waals surface area contributed by atoms with Gasteiger partial charge in [0, 0.05) is 25.3 Å². The predicted octanol–water partition coefficient (Wildman–Crippen LogP) is 3.56. The van der Waals surface area contributed by atoms with Crippen LogP contribution in [0.4, 0.5) is 4.79 Å². The van der Waals surface area contributed by atoms with Crippen LogP contribution in [0.25, 0.3) is 0 Å². The maximum absolute atomic E-state index is 11.9. The summed E-state index contributed by atoms with van der Waals surface area (Å²) in [7, 11) is 0. The van der Waals surface area contributed by atoms with Gasteiger partial charge in [0.25, 0.3) is 0 Å². The van der Waals surface area contributed by atoms with Crippen molar-refractivity contribution in [3.05, 3.63) is 29.6 Å². The molecular weight excluding hydrogens is 302 g/mol. The van der Waals surface area contributed by atoms with Gasteiger partial charge in [0.05, 0.1) is 5.69 Å². The molecule has 134 valence electrons. The third kappa shape index (κ3) is 6.48. The van der Waals surface area contributed by atoms with Gasteiger partial charge in [-0.3, -0.25) is 4.98 Å². The van der Waals surface area contributed by atoms with Crippen molar-refractivity contribution in [1.82, 2.24) is 15.6 Å². The fourth-order valence-electron chi connectivity index (χ4n) is 3.11. The highest BCUT2D eigenvalue weighted by molar-refractivity contribution is 5.67. The summed E-state index contributed by atoms with van der Waals surface area (Å²) in [5.41, 5.74) is 1.73. The van der Waals surface area contributed by atoms with Crippen LogP contribution in [0.1, 0.15) is 57.7 Å². The van der Waals surface area contributed by atoms with E-state index in [0.717, 1.165) is 17.8 Å². The molecule has 0 radical (unpaired) electrons. The van der Waals surface area contributed by atoms with Crippen molar-refractivity contribution in [2.24, 2.45) is 5.92 Å². The molecule has 2 rings (SSSR count). The molecule has 1 unspecified atom stereocenters. The van der Waals surface area contributed by atoms with Crippen molar-refractivity contribution < 1.29 is 9.53 Å². The van der Waals surface area contributed by atoms with E-state index in [1.165, 1.54) is 25.7 Å². The maximum Gasteiger partial charge on any atom is 0.407 e. The zero-order chi connectivity index (χ0) is 17.6. The average molecular weight is 333 g/mol. The number of aromatic nitrogens is 1. The molecule has 1 saturated carbocycles. The van der Waals surface area contributed by atoms with Gasteiger partial charge in [-0.15, -0.1) is 0 Å². The number of rotatable bonds is 6. The molecule has 1 aromatic heterocycles. The summed E-state index contributed by atoms with van der Waals surface area (Å²) < 4.78 is 5.34. The number of carbonyl (C=O) groups is 1. The molecule has 1 aliphatic rings. The first-order valence-electron chi connectivity index (χ1n) is 8.95. The smallest absolute Gasteiger partial charge is 0.407 e. The molecule has 0 aliphatic heterocycles. The molecule has 2 N–H and O–H groups in total. The van der Waals surface area contributed by atoms with Gasteiger partial charge in [-0.25, -0.2) is 4.79 Å². The average Bonchev–Trinajstić information content (AvgIpc) is 3.01. The van der Waals surface area contributed by atoms with Gasteiger partial charge in [0.15, 0.2) is 0 Å². The summed E-state index contributed by atoms with van der Waals surface area (Å²) in [6, 6.07) is 4.38. The van der Waals surface area contributed by atoms with Gasteiger partial charge in [0.2, 0.25) is 0 Å². The third-order valence-electron chi connectivity index (χ3n) is 4.35. The minimum absolute atomic E-state index is 0.253. The number of nitrogens with zero attached hydrogens (tertiary/aromatic N) is 1. The Hall–Kier alpha value is -1.62. The molecule has 0 aromatic carbocycles. The van der Waals surface area contributed by atoms with Crippen LogP contribution in [0.3, 0.4) is 0 Å². The second-order valence-electron chi connectivity index (χ2n) is 7.74. The summed E-state index contributed by atoms with van der Waals surface area (Å²) in [6.45, 7) is 8.98. The SMILES string of the molecule is Cc1ccc(CNC(CNC(=O)OC(C)(C)C)C2CCCC2)nc1. The van der Waals surface area contributed by atoms with Crippen molar-refractivity contribution in [3.8, 4) is 0 Å². The lowest BCUT2D eigenvalue weighted by atomic mass is 9.98. The minimum Gasteiger partial charge on any atom is -0.444 e. The number of ether oxygens (including phenoxy) is 1. The molecule has 1 fully saturated rings. The summed E-state index contributed by atoms with van der Waals surface area (Å²) in [4.78, 5) is 16.4. The first-order chi connectivity index (χ1) is 11.3. The number of carbonyl (C=O) groups excluding carboxylic acids is 1. The van der Waals surface area contributed by atoms with E-state index in [0.29, 0.717) is 12.5 Å². The Bertz CT molecular complexity index is 516. The molecule has 1 aliphatic carbocycles. The Kier molecular flexibility index (Phi) is 6.60. The van der Waals surface area contributed by atoms with Crippen LogP contribution < -0.4 is 10.6 Å². The second-order valence-corrected chi connectivity index (χ2v) is 7.74. The molecular formula is C19H31N3O2. The lowest BCUT2D eigenvalue weighted by Crippen LogP contribution is -2.45. The van der Waals surface area contributed by atoms with Gasteiger partial charge < -0.3 is 15.4 Å². The fourth-order valence-corrected chi connectivity index (χ4v) is 3.11. The van der Waals surface area contributed by atoms with Crippen LogP contribution >= 0.6 is 0 Å². The Balaban J connectivity index is 1.87. The number of alkyl carbamates (subject to hydrolysis) is 1. The highest BCUT2D eigenvalue weighted by atomic mass is 16.6. The van der Waals surface area contributed by atoms with E-state index in [2.05, 4.69) is 27.8 Å². The fraction of sp³-hybridized carbons (Fsp3) is 0.684. The van der Waals surface area contributed by atoms with Crippen molar-refractivity contribution in [2.75, 3.05) is 6.54 Å². The van der Waals surface area contributed by atoms with Gasteiger partial charge in [-0.1, -0.05) is 18.9 Å². The molecule has 24 heavy (non-hydrogen) atoms. The van der Waals surface area contributed by atoms with Crippen molar-refractivity contribution in [3.63, 3.8) is 0 Å². The molecule has 1 aromatic rings. The van der Waals surface area contributed by atoms with Crippen molar-refractivity contribution in [1.29, 1.82) is 0 Å². The Morgan fingerprint density at radius 1 is 1.33 bits per heavy atom. The van der Waals surface area contributed by atoms with Crippen LogP contribution in [0.15, 0.2) is 18.3 Å². The lowest BCUT2D eigenvalue weighted by Gasteiger charge is -2.26. The lowest BCUT2D eigenvalue weighted by molar-refractivity contribution is 0.0518. The van der Waals surface area contributed by atoms with Crippen LogP contribution in [0.2, 0.25) is 0 Å². The third-order valence-corrected chi connectivity index (χ3v) is 4.35. The maximum atomic E-state index is 11.9. The van der Waals surface area contributed by atoms with E-state index in [-0.39, 0.29) is 12.1 Å². The van der Waals surface area contributed by atoms with E-state index >= 15 is 0 Å².